The Hall–Kier alpha value is -6.62. The van der Waals surface area contributed by atoms with Crippen molar-refractivity contribution in [2.45, 2.75) is 0 Å². The predicted octanol–water partition coefficient (Wildman–Crippen LogP) is 14.6. The normalized spacial score (nSPS) is 11.5. The zero-order chi connectivity index (χ0) is 34.4. The highest BCUT2D eigenvalue weighted by Gasteiger charge is 2.23. The standard InChI is InChI=1S/C48H32N2OS/c1-4-14-33(15-5-1)34-26-28-37(29-27-34)50(38-30-31-40-39-20-10-11-25-45(39)52-46(40)32-38)44-24-13-22-42-41-21-12-23-43(47(41)51-48(42)44)49(35-16-6-2-7-17-35)36-18-8-3-9-19-36/h1-32H. The number of benzene rings is 8. The number of nitrogens with zero attached hydrogens (tertiary/aromatic N) is 2. The second kappa shape index (κ2) is 12.6. The Morgan fingerprint density at radius 1 is 0.327 bits per heavy atom. The topological polar surface area (TPSA) is 19.6 Å². The summed E-state index contributed by atoms with van der Waals surface area (Å²) in [5.41, 5.74) is 10.3. The number of furan rings is 1. The van der Waals surface area contributed by atoms with Gasteiger partial charge in [-0.2, -0.15) is 0 Å². The molecule has 0 saturated heterocycles. The van der Waals surface area contributed by atoms with Crippen LogP contribution in [-0.4, -0.2) is 0 Å². The van der Waals surface area contributed by atoms with E-state index in [1.807, 2.05) is 11.3 Å². The van der Waals surface area contributed by atoms with Crippen LogP contribution in [0.3, 0.4) is 0 Å². The number of fused-ring (bicyclic) bond motifs is 6. The molecular weight excluding hydrogens is 653 g/mol. The molecule has 0 aliphatic heterocycles. The Labute approximate surface area is 305 Å². The van der Waals surface area contributed by atoms with E-state index in [1.54, 1.807) is 0 Å². The molecule has 4 heteroatoms. The molecular formula is C48H32N2OS. The molecule has 0 atom stereocenters. The van der Waals surface area contributed by atoms with E-state index in [-0.39, 0.29) is 0 Å². The molecule has 8 aromatic carbocycles. The van der Waals surface area contributed by atoms with Crippen molar-refractivity contribution in [1.29, 1.82) is 0 Å². The molecule has 0 bridgehead atoms. The van der Waals surface area contributed by atoms with Crippen LogP contribution < -0.4 is 9.80 Å². The molecule has 10 rings (SSSR count). The highest BCUT2D eigenvalue weighted by molar-refractivity contribution is 7.25. The van der Waals surface area contributed by atoms with Crippen LogP contribution >= 0.6 is 11.3 Å². The largest absolute Gasteiger partial charge is 0.452 e. The smallest absolute Gasteiger partial charge is 0.159 e. The summed E-state index contributed by atoms with van der Waals surface area (Å²) in [5, 5.41) is 4.72. The molecule has 2 aromatic heterocycles. The Balaban J connectivity index is 1.19. The first-order valence-electron chi connectivity index (χ1n) is 17.5. The summed E-state index contributed by atoms with van der Waals surface area (Å²) < 4.78 is 9.66. The third kappa shape index (κ3) is 5.12. The van der Waals surface area contributed by atoms with Gasteiger partial charge in [0.25, 0.3) is 0 Å². The molecule has 52 heavy (non-hydrogen) atoms. The van der Waals surface area contributed by atoms with Gasteiger partial charge in [-0.25, -0.2) is 0 Å². The molecule has 0 amide bonds. The van der Waals surface area contributed by atoms with Crippen LogP contribution in [0, 0.1) is 0 Å². The molecule has 0 saturated carbocycles. The van der Waals surface area contributed by atoms with Crippen LogP contribution in [-0.2, 0) is 0 Å². The lowest BCUT2D eigenvalue weighted by molar-refractivity contribution is 0.669. The fraction of sp³-hybridized carbons (Fsp3) is 0. The Bertz CT molecular complexity index is 2800. The second-order valence-corrected chi connectivity index (χ2v) is 14.0. The number of hydrogen-bond donors (Lipinski definition) is 0. The molecule has 3 nitrogen and oxygen atoms in total. The molecule has 246 valence electrons. The number of rotatable bonds is 7. The molecule has 0 spiro atoms. The number of hydrogen-bond acceptors (Lipinski definition) is 4. The Kier molecular flexibility index (Phi) is 7.33. The average molecular weight is 685 g/mol. The molecule has 10 aromatic rings. The second-order valence-electron chi connectivity index (χ2n) is 12.9. The van der Waals surface area contributed by atoms with Gasteiger partial charge in [-0.1, -0.05) is 127 Å². The van der Waals surface area contributed by atoms with Crippen molar-refractivity contribution < 1.29 is 4.42 Å². The molecule has 0 unspecified atom stereocenters. The van der Waals surface area contributed by atoms with Crippen LogP contribution in [0.15, 0.2) is 199 Å². The van der Waals surface area contributed by atoms with Crippen LogP contribution in [0.4, 0.5) is 34.1 Å². The molecule has 2 heterocycles. The average Bonchev–Trinajstić information content (AvgIpc) is 3.79. The van der Waals surface area contributed by atoms with E-state index in [0.29, 0.717) is 0 Å². The van der Waals surface area contributed by atoms with E-state index in [2.05, 4.69) is 204 Å². The van der Waals surface area contributed by atoms with E-state index < -0.39 is 0 Å². The van der Waals surface area contributed by atoms with Gasteiger partial charge in [-0.3, -0.25) is 0 Å². The number of para-hydroxylation sites is 4. The summed E-state index contributed by atoms with van der Waals surface area (Å²) in [5.74, 6) is 0. The van der Waals surface area contributed by atoms with Crippen LogP contribution in [0.5, 0.6) is 0 Å². The van der Waals surface area contributed by atoms with E-state index in [4.69, 9.17) is 4.42 Å². The quantitative estimate of drug-likeness (QED) is 0.167. The van der Waals surface area contributed by atoms with Crippen LogP contribution in [0.2, 0.25) is 0 Å². The van der Waals surface area contributed by atoms with Gasteiger partial charge in [0.05, 0.1) is 11.4 Å². The molecule has 0 aliphatic rings. The maximum atomic E-state index is 7.11. The lowest BCUT2D eigenvalue weighted by atomic mass is 10.0. The van der Waals surface area contributed by atoms with Crippen LogP contribution in [0.1, 0.15) is 0 Å². The van der Waals surface area contributed by atoms with E-state index >= 15 is 0 Å². The van der Waals surface area contributed by atoms with E-state index in [9.17, 15) is 0 Å². The van der Waals surface area contributed by atoms with Crippen molar-refractivity contribution in [3.63, 3.8) is 0 Å². The van der Waals surface area contributed by atoms with Crippen molar-refractivity contribution in [3.05, 3.63) is 194 Å². The summed E-state index contributed by atoms with van der Waals surface area (Å²) in [7, 11) is 0. The summed E-state index contributed by atoms with van der Waals surface area (Å²) in [6.45, 7) is 0. The van der Waals surface area contributed by atoms with Gasteiger partial charge in [0.1, 0.15) is 0 Å². The summed E-state index contributed by atoms with van der Waals surface area (Å²) in [6.07, 6.45) is 0. The fourth-order valence-corrected chi connectivity index (χ4v) is 8.58. The Morgan fingerprint density at radius 2 is 0.788 bits per heavy atom. The maximum absolute atomic E-state index is 7.11. The van der Waals surface area contributed by atoms with Crippen molar-refractivity contribution >= 4 is 87.6 Å². The zero-order valence-corrected chi connectivity index (χ0v) is 29.0. The Morgan fingerprint density at radius 3 is 1.42 bits per heavy atom. The highest BCUT2D eigenvalue weighted by atomic mass is 32.1. The minimum absolute atomic E-state index is 0.842. The molecule has 0 N–H and O–H groups in total. The maximum Gasteiger partial charge on any atom is 0.159 e. The van der Waals surface area contributed by atoms with Crippen molar-refractivity contribution in [1.82, 2.24) is 0 Å². The van der Waals surface area contributed by atoms with Gasteiger partial charge in [0, 0.05) is 53.7 Å². The summed E-state index contributed by atoms with van der Waals surface area (Å²) in [6, 6.07) is 68.9. The van der Waals surface area contributed by atoms with Crippen LogP contribution in [0.25, 0.3) is 53.2 Å². The number of anilines is 6. The third-order valence-electron chi connectivity index (χ3n) is 9.85. The van der Waals surface area contributed by atoms with Gasteiger partial charge < -0.3 is 14.2 Å². The van der Waals surface area contributed by atoms with Gasteiger partial charge in [-0.15, -0.1) is 11.3 Å². The minimum atomic E-state index is 0.842. The number of thiophene rings is 1. The fourth-order valence-electron chi connectivity index (χ4n) is 7.44. The van der Waals surface area contributed by atoms with Crippen molar-refractivity contribution in [3.8, 4) is 11.1 Å². The lowest BCUT2D eigenvalue weighted by Crippen LogP contribution is -2.10. The van der Waals surface area contributed by atoms with E-state index in [1.165, 1.54) is 31.3 Å². The summed E-state index contributed by atoms with van der Waals surface area (Å²) >= 11 is 1.84. The summed E-state index contributed by atoms with van der Waals surface area (Å²) in [4.78, 5) is 4.62. The first kappa shape index (κ1) is 30.2. The van der Waals surface area contributed by atoms with Gasteiger partial charge in [0.15, 0.2) is 11.2 Å². The lowest BCUT2D eigenvalue weighted by Gasteiger charge is -2.26. The third-order valence-corrected chi connectivity index (χ3v) is 11.0. The first-order chi connectivity index (χ1) is 25.8. The molecule has 0 fully saturated rings. The molecule has 0 radical (unpaired) electrons. The van der Waals surface area contributed by atoms with Gasteiger partial charge in [0.2, 0.25) is 0 Å². The van der Waals surface area contributed by atoms with E-state index in [0.717, 1.165) is 56.1 Å². The first-order valence-corrected chi connectivity index (χ1v) is 18.3. The van der Waals surface area contributed by atoms with Crippen molar-refractivity contribution in [2.24, 2.45) is 0 Å². The monoisotopic (exact) mass is 684 g/mol. The predicted molar refractivity (Wildman–Crippen MR) is 221 cm³/mol. The van der Waals surface area contributed by atoms with Crippen molar-refractivity contribution in [2.75, 3.05) is 9.80 Å². The van der Waals surface area contributed by atoms with Gasteiger partial charge >= 0.3 is 0 Å². The SMILES string of the molecule is c1ccc(-c2ccc(N(c3ccc4c(c3)sc3ccccc34)c3cccc4c3oc3c(N(c5ccccc5)c5ccccc5)cccc34)cc2)cc1. The minimum Gasteiger partial charge on any atom is -0.452 e. The molecule has 0 aliphatic carbocycles. The highest BCUT2D eigenvalue weighted by Crippen LogP contribution is 2.47. The zero-order valence-electron chi connectivity index (χ0n) is 28.2. The van der Waals surface area contributed by atoms with Gasteiger partial charge in [-0.05, 0) is 77.9 Å².